The number of anilines is 1. The van der Waals surface area contributed by atoms with Crippen LogP contribution < -0.4 is 5.32 Å². The predicted molar refractivity (Wildman–Crippen MR) is 270 cm³/mol. The van der Waals surface area contributed by atoms with E-state index in [-0.39, 0.29) is 34.0 Å². The first-order chi connectivity index (χ1) is 34.9. The zero-order valence-electron chi connectivity index (χ0n) is 44.6. The Morgan fingerprint density at radius 2 is 1.36 bits per heavy atom. The fraction of sp³-hybridized carbons (Fsp3) is 0.789. The maximum atomic E-state index is 15.0. The van der Waals surface area contributed by atoms with Crippen LogP contribution in [-0.2, 0) is 33.2 Å². The van der Waals surface area contributed by atoms with Crippen LogP contribution in [-0.4, -0.2) is 157 Å². The largest absolute Gasteiger partial charge is 0.394 e. The highest BCUT2D eigenvalue weighted by Gasteiger charge is 2.70. The molecule has 7 fully saturated rings. The van der Waals surface area contributed by atoms with Crippen molar-refractivity contribution in [2.45, 2.75) is 218 Å². The van der Waals surface area contributed by atoms with Gasteiger partial charge >= 0.3 is 0 Å². The Labute approximate surface area is 435 Å². The van der Waals surface area contributed by atoms with Gasteiger partial charge in [0.2, 0.25) is 5.91 Å². The van der Waals surface area contributed by atoms with Crippen LogP contribution >= 0.6 is 0 Å². The van der Waals surface area contributed by atoms with E-state index < -0.39 is 116 Å². The van der Waals surface area contributed by atoms with Crippen LogP contribution in [0.15, 0.2) is 48.2 Å². The maximum Gasteiger partial charge on any atom is 0.231 e. The highest BCUT2D eigenvalue weighted by Crippen LogP contribution is 2.76. The number of rotatable bonds is 9. The molecule has 0 unspecified atom stereocenters. The number of hydrogen-bond acceptors (Lipinski definition) is 16. The minimum absolute atomic E-state index is 0.0585. The zero-order chi connectivity index (χ0) is 53.2. The van der Waals surface area contributed by atoms with E-state index in [1.54, 1.807) is 6.20 Å². The first-order valence-corrected chi connectivity index (χ1v) is 27.6. The van der Waals surface area contributed by atoms with Gasteiger partial charge in [-0.15, -0.1) is 0 Å². The second-order valence-corrected chi connectivity index (χ2v) is 25.4. The Hall–Kier alpha value is -2.72. The van der Waals surface area contributed by atoms with Gasteiger partial charge in [0.15, 0.2) is 18.9 Å². The molecule has 25 atom stereocenters. The van der Waals surface area contributed by atoms with E-state index in [0.29, 0.717) is 24.2 Å². The molecule has 412 valence electrons. The molecule has 9 N–H and O–H groups in total. The molecule has 0 bridgehead atoms. The number of carbonyl (C=O) groups excluding carboxylic acids is 1. The van der Waals surface area contributed by atoms with Gasteiger partial charge in [0.1, 0.15) is 61.0 Å². The molecule has 74 heavy (non-hydrogen) atoms. The Kier molecular flexibility index (Phi) is 14.7. The molecule has 1 aromatic carbocycles. The van der Waals surface area contributed by atoms with Crippen LogP contribution in [0.1, 0.15) is 120 Å². The number of aliphatic hydroxyl groups excluding tert-OH is 8. The molecule has 2 aromatic rings. The molecule has 0 spiro atoms. The van der Waals surface area contributed by atoms with Crippen LogP contribution in [0.4, 0.5) is 5.69 Å². The molecule has 3 saturated heterocycles. The molecule has 17 nitrogen and oxygen atoms in total. The number of carbonyl (C=O) groups is 1. The molecule has 10 rings (SSSR count). The fourth-order valence-electron chi connectivity index (χ4n) is 16.7. The van der Waals surface area contributed by atoms with Crippen molar-refractivity contribution >= 4 is 22.5 Å². The van der Waals surface area contributed by atoms with Gasteiger partial charge in [-0.3, -0.25) is 9.78 Å². The normalized spacial score (nSPS) is 50.1. The number of aliphatic hydroxyl groups is 8. The summed E-state index contributed by atoms with van der Waals surface area (Å²) in [5, 5.41) is 91.7. The number of fused-ring (bicyclic) bond motifs is 8. The summed E-state index contributed by atoms with van der Waals surface area (Å²) in [6.07, 6.45) is -10.1. The Morgan fingerprint density at radius 3 is 2.03 bits per heavy atom. The summed E-state index contributed by atoms with van der Waals surface area (Å²) in [4.78, 5) is 19.5. The number of nitrogens with one attached hydrogen (secondary N) is 1. The monoisotopic (exact) mass is 1040 g/mol. The minimum Gasteiger partial charge on any atom is -0.394 e. The third kappa shape index (κ3) is 8.56. The molecular formula is C57H84N2O15. The summed E-state index contributed by atoms with van der Waals surface area (Å²) >= 11 is 0. The van der Waals surface area contributed by atoms with Crippen LogP contribution in [0.5, 0.6) is 0 Å². The molecule has 3 aliphatic heterocycles. The van der Waals surface area contributed by atoms with Gasteiger partial charge in [-0.2, -0.15) is 0 Å². The number of hydrogen-bond donors (Lipinski definition) is 9. The van der Waals surface area contributed by atoms with E-state index in [0.717, 1.165) is 68.0 Å². The SMILES string of the molecule is C[C@H]1[C@H](C)CC[C@]2(C(=O)Nc3ccc4ncccc4c3)CC[C@]3(C)C(=CC[C@@H]4[C@@]5(C)CC[C@H](O[C@@H]6O[C@H](CO)[C@@H](O[C@@H]7O[C@@H](C)[C@H](O)[C@@H](O)[C@H]7O)[C@H](O)[C@H]6O[C@@H]6O[C@@H](C)[C@H](O)[C@@H](O)[C@H]6O)C(C)(C)[C@@H]5CC[C@]43C)[C@H]12. The van der Waals surface area contributed by atoms with E-state index in [9.17, 15) is 40.9 Å². The van der Waals surface area contributed by atoms with Gasteiger partial charge in [-0.05, 0) is 147 Å². The van der Waals surface area contributed by atoms with E-state index in [2.05, 4.69) is 64.8 Å². The molecule has 8 aliphatic rings. The number of pyridine rings is 1. The average molecular weight is 1040 g/mol. The number of benzene rings is 1. The van der Waals surface area contributed by atoms with Gasteiger partial charge in [0, 0.05) is 17.3 Å². The van der Waals surface area contributed by atoms with Gasteiger partial charge in [-0.1, -0.05) is 66.2 Å². The van der Waals surface area contributed by atoms with Crippen molar-refractivity contribution in [2.75, 3.05) is 11.9 Å². The summed E-state index contributed by atoms with van der Waals surface area (Å²) in [5.41, 5.74) is 1.90. The van der Waals surface area contributed by atoms with Crippen molar-refractivity contribution in [3.63, 3.8) is 0 Å². The lowest BCUT2D eigenvalue weighted by Crippen LogP contribution is -2.68. The lowest BCUT2D eigenvalue weighted by molar-refractivity contribution is -0.393. The van der Waals surface area contributed by atoms with Crippen LogP contribution in [0.25, 0.3) is 10.9 Å². The molecule has 4 saturated carbocycles. The topological polar surface area (TPSA) is 259 Å². The zero-order valence-corrected chi connectivity index (χ0v) is 44.6. The molecule has 4 heterocycles. The van der Waals surface area contributed by atoms with E-state index >= 15 is 4.79 Å². The van der Waals surface area contributed by atoms with Crippen molar-refractivity contribution < 1.29 is 74.1 Å². The van der Waals surface area contributed by atoms with Crippen molar-refractivity contribution in [3.05, 3.63) is 48.2 Å². The van der Waals surface area contributed by atoms with Crippen molar-refractivity contribution in [1.29, 1.82) is 0 Å². The van der Waals surface area contributed by atoms with Crippen LogP contribution in [0.3, 0.4) is 0 Å². The Balaban J connectivity index is 0.913. The van der Waals surface area contributed by atoms with Crippen LogP contribution in [0, 0.1) is 56.7 Å². The van der Waals surface area contributed by atoms with Crippen molar-refractivity contribution in [2.24, 2.45) is 56.7 Å². The van der Waals surface area contributed by atoms with Crippen molar-refractivity contribution in [1.82, 2.24) is 4.98 Å². The fourth-order valence-corrected chi connectivity index (χ4v) is 16.7. The van der Waals surface area contributed by atoms with Gasteiger partial charge < -0.3 is 74.6 Å². The molecule has 5 aliphatic carbocycles. The summed E-state index contributed by atoms with van der Waals surface area (Å²) in [6.45, 7) is 19.1. The molecule has 0 radical (unpaired) electrons. The van der Waals surface area contributed by atoms with E-state index in [1.165, 1.54) is 19.4 Å². The number of nitrogens with zero attached hydrogens (tertiary/aromatic N) is 1. The first kappa shape index (κ1) is 54.6. The molecular weight excluding hydrogens is 953 g/mol. The lowest BCUT2D eigenvalue weighted by atomic mass is 9.33. The highest BCUT2D eigenvalue weighted by atomic mass is 16.8. The number of aromatic nitrogens is 1. The smallest absolute Gasteiger partial charge is 0.231 e. The third-order valence-corrected chi connectivity index (χ3v) is 21.5. The van der Waals surface area contributed by atoms with Crippen LogP contribution in [0.2, 0.25) is 0 Å². The average Bonchev–Trinajstić information content (AvgIpc) is 3.38. The number of allylic oxidation sites excluding steroid dienone is 2. The third-order valence-electron chi connectivity index (χ3n) is 21.5. The predicted octanol–water partition coefficient (Wildman–Crippen LogP) is 4.72. The standard InChI is InChI=1S/C57H84N2O15/c1-27-16-21-57(52(68)59-32-12-14-34-31(25-32)11-10-24-58-34)23-22-55(8)33(39(57)28(27)2)13-15-37-54(7)19-18-38(53(5,6)36(54)17-20-56(37,55)9)72-51-48(74-50-45(66)43(64)41(62)30(4)70-50)46(67)47(35(26-60)71-51)73-49-44(65)42(63)40(61)29(3)69-49/h10-14,24-25,27-30,35-51,60-67H,15-23,26H2,1-9H3,(H,59,68)/t27-,28+,29+,30+,35-,36+,37-,38+,39+,40+,41+,42-,43-,44-,45-,46+,47-,48-,49+,50+,51+,54+,55-,56-,57+/m1/s1. The quantitative estimate of drug-likeness (QED) is 0.122. The van der Waals surface area contributed by atoms with Gasteiger partial charge in [0.25, 0.3) is 0 Å². The second kappa shape index (κ2) is 19.9. The number of ether oxygens (including phenoxy) is 6. The van der Waals surface area contributed by atoms with Gasteiger partial charge in [-0.25, -0.2) is 0 Å². The Bertz CT molecular complexity index is 2410. The Morgan fingerprint density at radius 1 is 0.703 bits per heavy atom. The minimum atomic E-state index is -1.74. The maximum absolute atomic E-state index is 15.0. The molecule has 17 heteroatoms. The van der Waals surface area contributed by atoms with E-state index in [4.69, 9.17) is 28.4 Å². The highest BCUT2D eigenvalue weighted by molar-refractivity contribution is 5.98. The summed E-state index contributed by atoms with van der Waals surface area (Å²) in [5.74, 6) is 1.57. The summed E-state index contributed by atoms with van der Waals surface area (Å²) < 4.78 is 37.5. The van der Waals surface area contributed by atoms with Gasteiger partial charge in [0.05, 0.1) is 35.9 Å². The second-order valence-electron chi connectivity index (χ2n) is 25.4. The molecule has 1 amide bonds. The number of amides is 1. The first-order valence-electron chi connectivity index (χ1n) is 27.6. The molecule has 1 aromatic heterocycles. The lowest BCUT2D eigenvalue weighted by Gasteiger charge is -2.71. The van der Waals surface area contributed by atoms with E-state index in [1.807, 2.05) is 30.3 Å². The summed E-state index contributed by atoms with van der Waals surface area (Å²) in [7, 11) is 0. The summed E-state index contributed by atoms with van der Waals surface area (Å²) in [6, 6.07) is 9.94. The van der Waals surface area contributed by atoms with Crippen molar-refractivity contribution in [3.8, 4) is 0 Å².